The minimum absolute atomic E-state index is 0.0275. The van der Waals surface area contributed by atoms with Crippen molar-refractivity contribution < 1.29 is 9.18 Å². The number of aromatic nitrogens is 2. The number of benzene rings is 1. The number of nitrogens with zero attached hydrogens (tertiary/aromatic N) is 4. The molecule has 1 aromatic heterocycles. The molecule has 136 valence electrons. The van der Waals surface area contributed by atoms with Gasteiger partial charge in [0.1, 0.15) is 23.5 Å². The van der Waals surface area contributed by atoms with Crippen LogP contribution in [0.5, 0.6) is 0 Å². The number of piperazine rings is 1. The fraction of sp³-hybridized carbons (Fsp3) is 0.333. The summed E-state index contributed by atoms with van der Waals surface area (Å²) in [4.78, 5) is 16.3. The lowest BCUT2D eigenvalue weighted by Crippen LogP contribution is -2.49. The number of halogens is 1. The van der Waals surface area contributed by atoms with Crippen LogP contribution in [0.1, 0.15) is 11.1 Å². The van der Waals surface area contributed by atoms with E-state index in [0.717, 1.165) is 11.9 Å². The number of carbonyl (C=O) groups is 1. The van der Waals surface area contributed by atoms with Crippen molar-refractivity contribution in [3.63, 3.8) is 0 Å². The van der Waals surface area contributed by atoms with Crippen LogP contribution >= 0.6 is 0 Å². The van der Waals surface area contributed by atoms with E-state index in [1.165, 1.54) is 10.7 Å². The average molecular weight is 356 g/mol. The van der Waals surface area contributed by atoms with Gasteiger partial charge in [-0.15, -0.1) is 5.10 Å². The Kier molecular flexibility index (Phi) is 5.11. The van der Waals surface area contributed by atoms with Crippen LogP contribution in [0.2, 0.25) is 0 Å². The molecule has 0 atom stereocenters. The van der Waals surface area contributed by atoms with Crippen molar-refractivity contribution in [2.45, 2.75) is 13.3 Å². The van der Waals surface area contributed by atoms with E-state index in [0.29, 0.717) is 37.6 Å². The SMILES string of the molecule is Cc1cc(CC(=O)N2CCN(c3ccc(=N)n(C=N)n3)CC2)ccc1F. The Morgan fingerprint density at radius 1 is 1.23 bits per heavy atom. The summed E-state index contributed by atoms with van der Waals surface area (Å²) >= 11 is 0. The van der Waals surface area contributed by atoms with Gasteiger partial charge in [-0.25, -0.2) is 9.07 Å². The van der Waals surface area contributed by atoms with E-state index in [9.17, 15) is 9.18 Å². The first-order valence-corrected chi connectivity index (χ1v) is 8.41. The Bertz CT molecular complexity index is 885. The van der Waals surface area contributed by atoms with Gasteiger partial charge >= 0.3 is 0 Å². The van der Waals surface area contributed by atoms with Crippen LogP contribution < -0.4 is 10.4 Å². The van der Waals surface area contributed by atoms with Gasteiger partial charge in [-0.05, 0) is 36.2 Å². The fourth-order valence-corrected chi connectivity index (χ4v) is 2.98. The van der Waals surface area contributed by atoms with Gasteiger partial charge in [0.25, 0.3) is 0 Å². The van der Waals surface area contributed by atoms with E-state index in [2.05, 4.69) is 5.10 Å². The molecule has 26 heavy (non-hydrogen) atoms. The Morgan fingerprint density at radius 3 is 2.62 bits per heavy atom. The number of nitrogens with one attached hydrogen (secondary N) is 2. The quantitative estimate of drug-likeness (QED) is 0.636. The highest BCUT2D eigenvalue weighted by Gasteiger charge is 2.22. The van der Waals surface area contributed by atoms with Gasteiger partial charge in [-0.2, -0.15) is 0 Å². The van der Waals surface area contributed by atoms with E-state index < -0.39 is 0 Å². The summed E-state index contributed by atoms with van der Waals surface area (Å²) in [5.41, 5.74) is 1.51. The highest BCUT2D eigenvalue weighted by atomic mass is 19.1. The molecule has 1 fully saturated rings. The zero-order valence-corrected chi connectivity index (χ0v) is 14.6. The summed E-state index contributed by atoms with van der Waals surface area (Å²) in [6, 6.07) is 8.11. The lowest BCUT2D eigenvalue weighted by atomic mass is 10.1. The summed E-state index contributed by atoms with van der Waals surface area (Å²) in [7, 11) is 0. The molecule has 0 radical (unpaired) electrons. The van der Waals surface area contributed by atoms with Crippen LogP contribution in [0, 0.1) is 23.6 Å². The monoisotopic (exact) mass is 356 g/mol. The molecule has 0 unspecified atom stereocenters. The summed E-state index contributed by atoms with van der Waals surface area (Å²) in [6.45, 7) is 4.12. The third kappa shape index (κ3) is 3.79. The van der Waals surface area contributed by atoms with Crippen molar-refractivity contribution in [1.82, 2.24) is 14.7 Å². The molecule has 7 nitrogen and oxygen atoms in total. The van der Waals surface area contributed by atoms with Crippen LogP contribution in [0.4, 0.5) is 10.2 Å². The maximum atomic E-state index is 13.3. The first-order chi connectivity index (χ1) is 12.5. The first-order valence-electron chi connectivity index (χ1n) is 8.41. The molecule has 2 heterocycles. The molecule has 0 spiro atoms. The smallest absolute Gasteiger partial charge is 0.227 e. The Morgan fingerprint density at radius 2 is 1.96 bits per heavy atom. The molecule has 0 saturated carbocycles. The van der Waals surface area contributed by atoms with Gasteiger partial charge in [0.2, 0.25) is 5.91 Å². The molecule has 8 heteroatoms. The number of rotatable bonds is 4. The number of carbonyl (C=O) groups excluding carboxylic acids is 1. The predicted molar refractivity (Wildman–Crippen MR) is 95.9 cm³/mol. The van der Waals surface area contributed by atoms with E-state index >= 15 is 0 Å². The lowest BCUT2D eigenvalue weighted by molar-refractivity contribution is -0.130. The van der Waals surface area contributed by atoms with Crippen molar-refractivity contribution in [1.29, 1.82) is 10.8 Å². The van der Waals surface area contributed by atoms with E-state index in [-0.39, 0.29) is 23.6 Å². The molecular formula is C18H21FN6O. The Balaban J connectivity index is 1.61. The van der Waals surface area contributed by atoms with Crippen molar-refractivity contribution >= 4 is 18.1 Å². The number of hydrogen-bond acceptors (Lipinski definition) is 5. The fourth-order valence-electron chi connectivity index (χ4n) is 2.98. The predicted octanol–water partition coefficient (Wildman–Crippen LogP) is 1.16. The normalized spacial score (nSPS) is 14.4. The third-order valence-corrected chi connectivity index (χ3v) is 4.50. The molecule has 1 aromatic carbocycles. The van der Waals surface area contributed by atoms with Crippen LogP contribution in [0.3, 0.4) is 0 Å². The van der Waals surface area contributed by atoms with E-state index in [4.69, 9.17) is 10.8 Å². The number of amides is 1. The average Bonchev–Trinajstić information content (AvgIpc) is 2.65. The molecule has 1 aliphatic heterocycles. The maximum absolute atomic E-state index is 13.3. The van der Waals surface area contributed by atoms with Crippen molar-refractivity contribution in [2.75, 3.05) is 31.1 Å². The topological polar surface area (TPSA) is 89.1 Å². The second-order valence-electron chi connectivity index (χ2n) is 6.28. The van der Waals surface area contributed by atoms with Crippen LogP contribution in [-0.2, 0) is 11.2 Å². The summed E-state index contributed by atoms with van der Waals surface area (Å²) in [5, 5.41) is 19.2. The molecule has 1 saturated heterocycles. The van der Waals surface area contributed by atoms with Crippen molar-refractivity contribution in [3.8, 4) is 0 Å². The van der Waals surface area contributed by atoms with Crippen molar-refractivity contribution in [2.24, 2.45) is 0 Å². The summed E-state index contributed by atoms with van der Waals surface area (Å²) in [6.07, 6.45) is 1.26. The molecule has 1 aliphatic rings. The van der Waals surface area contributed by atoms with Gasteiger partial charge in [-0.1, -0.05) is 12.1 Å². The largest absolute Gasteiger partial charge is 0.352 e. The second-order valence-corrected chi connectivity index (χ2v) is 6.28. The number of aryl methyl sites for hydroxylation is 1. The summed E-state index contributed by atoms with van der Waals surface area (Å²) < 4.78 is 14.5. The van der Waals surface area contributed by atoms with Crippen LogP contribution in [0.25, 0.3) is 0 Å². The molecule has 0 bridgehead atoms. The van der Waals surface area contributed by atoms with E-state index in [1.807, 2.05) is 4.90 Å². The van der Waals surface area contributed by atoms with Crippen LogP contribution in [-0.4, -0.2) is 53.1 Å². The highest BCUT2D eigenvalue weighted by Crippen LogP contribution is 2.14. The van der Waals surface area contributed by atoms with E-state index in [1.54, 1.807) is 36.1 Å². The molecular weight excluding hydrogens is 335 g/mol. The number of anilines is 1. The van der Waals surface area contributed by atoms with Gasteiger partial charge in [0.05, 0.1) is 6.42 Å². The zero-order valence-electron chi connectivity index (χ0n) is 14.6. The number of hydrogen-bond donors (Lipinski definition) is 2. The molecule has 3 rings (SSSR count). The molecule has 2 aromatic rings. The Hall–Kier alpha value is -3.03. The van der Waals surface area contributed by atoms with Gasteiger partial charge in [0, 0.05) is 26.2 Å². The molecule has 1 amide bonds. The van der Waals surface area contributed by atoms with Crippen molar-refractivity contribution in [3.05, 3.63) is 52.8 Å². The van der Waals surface area contributed by atoms with Gasteiger partial charge in [0.15, 0.2) is 0 Å². The first kappa shape index (κ1) is 17.8. The maximum Gasteiger partial charge on any atom is 0.227 e. The minimum atomic E-state index is -0.261. The molecule has 2 N–H and O–H groups in total. The second kappa shape index (κ2) is 7.47. The van der Waals surface area contributed by atoms with Gasteiger partial charge in [-0.3, -0.25) is 15.6 Å². The third-order valence-electron chi connectivity index (χ3n) is 4.50. The van der Waals surface area contributed by atoms with Gasteiger partial charge < -0.3 is 9.80 Å². The molecule has 0 aliphatic carbocycles. The minimum Gasteiger partial charge on any atom is -0.352 e. The highest BCUT2D eigenvalue weighted by molar-refractivity contribution is 5.79. The van der Waals surface area contributed by atoms with Crippen LogP contribution in [0.15, 0.2) is 30.3 Å². The zero-order chi connectivity index (χ0) is 18.7. The summed E-state index contributed by atoms with van der Waals surface area (Å²) in [5.74, 6) is 0.452. The lowest BCUT2D eigenvalue weighted by Gasteiger charge is -2.35. The Labute approximate surface area is 150 Å². The standard InChI is InChI=1S/C18H21FN6O/c1-13-10-14(2-3-15(13)19)11-18(26)24-8-6-23(7-9-24)17-5-4-16(21)25(12-20)22-17/h2-5,10,12,20-21H,6-9,11H2,1H3.